The van der Waals surface area contributed by atoms with Crippen LogP contribution in [0.1, 0.15) is 37.7 Å². The molecule has 0 amide bonds. The van der Waals surface area contributed by atoms with E-state index in [2.05, 4.69) is 59.9 Å². The lowest BCUT2D eigenvalue weighted by Crippen LogP contribution is -2.11. The summed E-state index contributed by atoms with van der Waals surface area (Å²) in [4.78, 5) is 11.7. The second-order valence-electron chi connectivity index (χ2n) is 8.36. The first-order valence-electron chi connectivity index (χ1n) is 11.2. The van der Waals surface area contributed by atoms with Crippen LogP contribution in [0.4, 0.5) is 5.69 Å². The van der Waals surface area contributed by atoms with Crippen molar-refractivity contribution in [2.24, 2.45) is 5.92 Å². The minimum absolute atomic E-state index is 0.196. The van der Waals surface area contributed by atoms with Crippen LogP contribution >= 0.6 is 0 Å². The number of nitrogens with one attached hydrogen (secondary N) is 1. The molecule has 0 bridgehead atoms. The summed E-state index contributed by atoms with van der Waals surface area (Å²) in [6.45, 7) is 0.737. The Labute approximate surface area is 184 Å². The Balaban J connectivity index is 1.69. The maximum absolute atomic E-state index is 11.7. The molecule has 1 aliphatic rings. The van der Waals surface area contributed by atoms with Crippen molar-refractivity contribution in [2.75, 3.05) is 26.1 Å². The molecular weight excluding hydrogens is 386 g/mol. The Morgan fingerprint density at radius 1 is 1.03 bits per heavy atom. The number of carbonyl (C=O) groups is 1. The molecule has 0 heterocycles. The Kier molecular flexibility index (Phi) is 6.76. The fraction of sp³-hybridized carbons (Fsp3) is 0.370. The fourth-order valence-electron chi connectivity index (χ4n) is 4.47. The molecule has 162 valence electrons. The lowest BCUT2D eigenvalue weighted by molar-refractivity contribution is -0.140. The van der Waals surface area contributed by atoms with Gasteiger partial charge in [0.2, 0.25) is 0 Å². The van der Waals surface area contributed by atoms with Gasteiger partial charge in [-0.05, 0) is 65.3 Å². The number of hydrogen-bond donors (Lipinski definition) is 1. The number of fused-ring (bicyclic) bond motifs is 1. The van der Waals surface area contributed by atoms with Crippen LogP contribution in [-0.4, -0.2) is 26.7 Å². The average Bonchev–Trinajstić information content (AvgIpc) is 3.34. The van der Waals surface area contributed by atoms with Crippen LogP contribution in [0.3, 0.4) is 0 Å². The summed E-state index contributed by atoms with van der Waals surface area (Å²) in [5, 5.41) is 5.59. The SMILES string of the molecule is CNc1ccc2cc(-c3cccc(CCC(=O)OC)c3OCC3CCCC3)ccc2c1. The van der Waals surface area contributed by atoms with Gasteiger partial charge in [-0.1, -0.05) is 49.2 Å². The van der Waals surface area contributed by atoms with Gasteiger partial charge in [-0.25, -0.2) is 0 Å². The Hall–Kier alpha value is -3.01. The van der Waals surface area contributed by atoms with Crippen molar-refractivity contribution in [3.8, 4) is 16.9 Å². The van der Waals surface area contributed by atoms with Crippen LogP contribution in [0.5, 0.6) is 5.75 Å². The third kappa shape index (κ3) is 5.01. The normalized spacial score (nSPS) is 14.0. The topological polar surface area (TPSA) is 47.6 Å². The molecule has 1 saturated carbocycles. The van der Waals surface area contributed by atoms with E-state index in [1.165, 1.54) is 43.6 Å². The van der Waals surface area contributed by atoms with Crippen molar-refractivity contribution < 1.29 is 14.3 Å². The molecule has 1 N–H and O–H groups in total. The van der Waals surface area contributed by atoms with E-state index >= 15 is 0 Å². The standard InChI is InChI=1S/C27H31NO3/c1-28-24-14-12-21-16-23(11-10-22(21)17-24)25-9-5-8-20(13-15-26(29)30-2)27(25)31-18-19-6-3-4-7-19/h5,8-12,14,16-17,19,28H,3-4,6-7,13,15,18H2,1-2H3. The van der Waals surface area contributed by atoms with Gasteiger partial charge >= 0.3 is 5.97 Å². The molecule has 3 aromatic rings. The molecule has 0 saturated heterocycles. The van der Waals surface area contributed by atoms with Gasteiger partial charge in [0.1, 0.15) is 5.75 Å². The second kappa shape index (κ2) is 9.86. The molecule has 1 aliphatic carbocycles. The number of methoxy groups -OCH3 is 1. The predicted molar refractivity (Wildman–Crippen MR) is 127 cm³/mol. The summed E-state index contributed by atoms with van der Waals surface area (Å²) in [6.07, 6.45) is 6.03. The zero-order chi connectivity index (χ0) is 21.6. The minimum Gasteiger partial charge on any atom is -0.492 e. The molecule has 4 nitrogen and oxygen atoms in total. The molecule has 1 fully saturated rings. The highest BCUT2D eigenvalue weighted by atomic mass is 16.5. The molecular formula is C27H31NO3. The van der Waals surface area contributed by atoms with Crippen LogP contribution in [0, 0.1) is 5.92 Å². The largest absolute Gasteiger partial charge is 0.492 e. The summed E-state index contributed by atoms with van der Waals surface area (Å²) in [7, 11) is 3.37. The number of anilines is 1. The van der Waals surface area contributed by atoms with Crippen LogP contribution in [0.2, 0.25) is 0 Å². The van der Waals surface area contributed by atoms with E-state index in [1.54, 1.807) is 0 Å². The molecule has 0 unspecified atom stereocenters. The molecule has 0 aliphatic heterocycles. The zero-order valence-corrected chi connectivity index (χ0v) is 18.4. The quantitative estimate of drug-likeness (QED) is 0.442. The molecule has 0 spiro atoms. The highest BCUT2D eigenvalue weighted by Crippen LogP contribution is 2.37. The van der Waals surface area contributed by atoms with Gasteiger partial charge in [0.25, 0.3) is 0 Å². The molecule has 0 radical (unpaired) electrons. The van der Waals surface area contributed by atoms with Crippen molar-refractivity contribution in [1.29, 1.82) is 0 Å². The predicted octanol–water partition coefficient (Wildman–Crippen LogP) is 6.22. The van der Waals surface area contributed by atoms with E-state index in [0.29, 0.717) is 18.8 Å². The monoisotopic (exact) mass is 417 g/mol. The fourth-order valence-corrected chi connectivity index (χ4v) is 4.47. The summed E-state index contributed by atoms with van der Waals surface area (Å²) < 4.78 is 11.3. The molecule has 4 rings (SSSR count). The Morgan fingerprint density at radius 3 is 2.58 bits per heavy atom. The summed E-state index contributed by atoms with van der Waals surface area (Å²) in [6, 6.07) is 19.2. The van der Waals surface area contributed by atoms with Gasteiger partial charge in [0, 0.05) is 24.7 Å². The molecule has 4 heteroatoms. The van der Waals surface area contributed by atoms with Crippen molar-refractivity contribution >= 4 is 22.4 Å². The third-order valence-corrected chi connectivity index (χ3v) is 6.30. The molecule has 0 atom stereocenters. The van der Waals surface area contributed by atoms with Gasteiger partial charge in [-0.15, -0.1) is 0 Å². The number of benzene rings is 3. The van der Waals surface area contributed by atoms with Gasteiger partial charge in [0.15, 0.2) is 0 Å². The van der Waals surface area contributed by atoms with E-state index in [9.17, 15) is 4.79 Å². The van der Waals surface area contributed by atoms with Gasteiger partial charge in [-0.3, -0.25) is 4.79 Å². The second-order valence-corrected chi connectivity index (χ2v) is 8.36. The van der Waals surface area contributed by atoms with Gasteiger partial charge < -0.3 is 14.8 Å². The van der Waals surface area contributed by atoms with Crippen molar-refractivity contribution in [1.82, 2.24) is 0 Å². The van der Waals surface area contributed by atoms with Gasteiger partial charge in [0.05, 0.1) is 13.7 Å². The van der Waals surface area contributed by atoms with E-state index < -0.39 is 0 Å². The number of para-hydroxylation sites is 1. The zero-order valence-electron chi connectivity index (χ0n) is 18.4. The molecule has 3 aromatic carbocycles. The Morgan fingerprint density at radius 2 is 1.81 bits per heavy atom. The summed E-state index contributed by atoms with van der Waals surface area (Å²) in [5.41, 5.74) is 4.38. The highest BCUT2D eigenvalue weighted by molar-refractivity contribution is 5.90. The first-order valence-corrected chi connectivity index (χ1v) is 11.2. The minimum atomic E-state index is -0.196. The number of hydrogen-bond acceptors (Lipinski definition) is 4. The summed E-state index contributed by atoms with van der Waals surface area (Å²) >= 11 is 0. The molecule has 31 heavy (non-hydrogen) atoms. The average molecular weight is 418 g/mol. The van der Waals surface area contributed by atoms with E-state index in [1.807, 2.05) is 7.05 Å². The first kappa shape index (κ1) is 21.2. The number of ether oxygens (including phenoxy) is 2. The maximum Gasteiger partial charge on any atom is 0.305 e. The van der Waals surface area contributed by atoms with Gasteiger partial charge in [-0.2, -0.15) is 0 Å². The van der Waals surface area contributed by atoms with E-state index in [0.717, 1.165) is 34.7 Å². The lowest BCUT2D eigenvalue weighted by Gasteiger charge is -2.19. The van der Waals surface area contributed by atoms with Crippen LogP contribution < -0.4 is 10.1 Å². The Bertz CT molecular complexity index is 1050. The van der Waals surface area contributed by atoms with Crippen LogP contribution in [0.15, 0.2) is 54.6 Å². The first-order chi connectivity index (χ1) is 15.2. The number of aryl methyl sites for hydroxylation is 1. The van der Waals surface area contributed by atoms with Crippen LogP contribution in [0.25, 0.3) is 21.9 Å². The van der Waals surface area contributed by atoms with E-state index in [-0.39, 0.29) is 5.97 Å². The lowest BCUT2D eigenvalue weighted by atomic mass is 9.96. The van der Waals surface area contributed by atoms with Crippen molar-refractivity contribution in [3.63, 3.8) is 0 Å². The van der Waals surface area contributed by atoms with Crippen molar-refractivity contribution in [2.45, 2.75) is 38.5 Å². The van der Waals surface area contributed by atoms with E-state index in [4.69, 9.17) is 9.47 Å². The van der Waals surface area contributed by atoms with Crippen LogP contribution in [-0.2, 0) is 16.0 Å². The maximum atomic E-state index is 11.7. The molecule has 0 aromatic heterocycles. The number of esters is 1. The smallest absolute Gasteiger partial charge is 0.305 e. The number of carbonyl (C=O) groups excluding carboxylic acids is 1. The summed E-state index contributed by atoms with van der Waals surface area (Å²) in [5.74, 6) is 1.33. The third-order valence-electron chi connectivity index (χ3n) is 6.30. The van der Waals surface area contributed by atoms with Crippen molar-refractivity contribution in [3.05, 3.63) is 60.2 Å². The highest BCUT2D eigenvalue weighted by Gasteiger charge is 2.19. The number of rotatable bonds is 8.